The molecule has 0 saturated heterocycles. The third-order valence-electron chi connectivity index (χ3n) is 5.80. The summed E-state index contributed by atoms with van der Waals surface area (Å²) in [6, 6.07) is 23.8. The van der Waals surface area contributed by atoms with Gasteiger partial charge in [0.15, 0.2) is 6.10 Å². The van der Waals surface area contributed by atoms with Crippen LogP contribution in [0.1, 0.15) is 36.6 Å². The maximum absolute atomic E-state index is 13.3. The minimum absolute atomic E-state index is 0.0838. The average molecular weight is 465 g/mol. The molecule has 0 bridgehead atoms. The van der Waals surface area contributed by atoms with E-state index in [9.17, 15) is 13.2 Å². The number of carbonyl (C=O) groups excluding carboxylic acids is 1. The number of hydrogen-bond donors (Lipinski definition) is 1. The van der Waals surface area contributed by atoms with E-state index in [0.717, 1.165) is 12.0 Å². The summed E-state index contributed by atoms with van der Waals surface area (Å²) in [5.74, 6) is -0.131. The molecular formula is C26H28N2O4S. The highest BCUT2D eigenvalue weighted by Gasteiger charge is 2.37. The number of carbonyl (C=O) groups is 1. The maximum atomic E-state index is 13.3. The lowest BCUT2D eigenvalue weighted by Crippen LogP contribution is -2.51. The molecule has 172 valence electrons. The van der Waals surface area contributed by atoms with Gasteiger partial charge in [0.1, 0.15) is 5.75 Å². The molecule has 2 atom stereocenters. The fourth-order valence-corrected chi connectivity index (χ4v) is 5.48. The number of amides is 1. The van der Waals surface area contributed by atoms with E-state index in [4.69, 9.17) is 4.74 Å². The van der Waals surface area contributed by atoms with Crippen molar-refractivity contribution in [1.82, 2.24) is 5.32 Å². The largest absolute Gasteiger partial charge is 0.476 e. The van der Waals surface area contributed by atoms with Crippen LogP contribution in [0.25, 0.3) is 0 Å². The SMILES string of the molecule is CCc1ccc([C@@H](C)NC(=O)[C@H]2CN(S(=O)(=O)Cc3ccccc3)c3ccccc3O2)cc1. The van der Waals surface area contributed by atoms with Crippen LogP contribution in [0.15, 0.2) is 78.9 Å². The molecule has 1 aliphatic heterocycles. The summed E-state index contributed by atoms with van der Waals surface area (Å²) in [5.41, 5.74) is 3.33. The van der Waals surface area contributed by atoms with Crippen LogP contribution in [0, 0.1) is 0 Å². The first kappa shape index (κ1) is 22.9. The standard InChI is InChI=1S/C26H28N2O4S/c1-3-20-13-15-22(16-14-20)19(2)27-26(29)25-17-28(23-11-7-8-12-24(23)32-25)33(30,31)18-21-9-5-4-6-10-21/h4-16,19,25H,3,17-18H2,1-2H3,(H,27,29)/t19-,25-/m1/s1. The molecule has 0 aromatic heterocycles. The molecule has 0 fully saturated rings. The van der Waals surface area contributed by atoms with E-state index in [2.05, 4.69) is 12.2 Å². The number of anilines is 1. The summed E-state index contributed by atoms with van der Waals surface area (Å²) in [6.45, 7) is 3.91. The molecule has 3 aromatic carbocycles. The molecule has 1 N–H and O–H groups in total. The fourth-order valence-electron chi connectivity index (χ4n) is 3.90. The normalized spacial score (nSPS) is 16.4. The predicted octanol–water partition coefficient (Wildman–Crippen LogP) is 4.22. The van der Waals surface area contributed by atoms with Crippen molar-refractivity contribution in [2.75, 3.05) is 10.8 Å². The number of fused-ring (bicyclic) bond motifs is 1. The Morgan fingerprint density at radius 3 is 2.36 bits per heavy atom. The van der Waals surface area contributed by atoms with Gasteiger partial charge in [-0.25, -0.2) is 8.42 Å². The van der Waals surface area contributed by atoms with Crippen molar-refractivity contribution in [3.63, 3.8) is 0 Å². The lowest BCUT2D eigenvalue weighted by Gasteiger charge is -2.35. The van der Waals surface area contributed by atoms with Gasteiger partial charge in [0.25, 0.3) is 5.91 Å². The van der Waals surface area contributed by atoms with Crippen LogP contribution in [0.5, 0.6) is 5.75 Å². The minimum atomic E-state index is -3.73. The third-order valence-corrected chi connectivity index (χ3v) is 7.52. The number of aryl methyl sites for hydroxylation is 1. The quantitative estimate of drug-likeness (QED) is 0.568. The van der Waals surface area contributed by atoms with Crippen LogP contribution in [-0.2, 0) is 27.0 Å². The van der Waals surface area contributed by atoms with Crippen LogP contribution in [-0.4, -0.2) is 27.0 Å². The first-order valence-corrected chi connectivity index (χ1v) is 12.7. The Bertz CT molecular complexity index is 1210. The van der Waals surface area contributed by atoms with E-state index in [1.807, 2.05) is 49.4 Å². The topological polar surface area (TPSA) is 75.7 Å². The van der Waals surface area contributed by atoms with E-state index in [1.54, 1.807) is 36.4 Å². The number of para-hydroxylation sites is 2. The highest BCUT2D eigenvalue weighted by atomic mass is 32.2. The fraction of sp³-hybridized carbons (Fsp3) is 0.269. The lowest BCUT2D eigenvalue weighted by molar-refractivity contribution is -0.128. The second-order valence-corrected chi connectivity index (χ2v) is 10.1. The van der Waals surface area contributed by atoms with Crippen molar-refractivity contribution < 1.29 is 17.9 Å². The second-order valence-electron chi connectivity index (χ2n) is 8.17. The molecule has 0 radical (unpaired) electrons. The molecule has 6 nitrogen and oxygen atoms in total. The highest BCUT2D eigenvalue weighted by molar-refractivity contribution is 7.92. The summed E-state index contributed by atoms with van der Waals surface area (Å²) in [6.07, 6.45) is -0.00768. The molecule has 1 aliphatic rings. The zero-order chi connectivity index (χ0) is 23.4. The Kier molecular flexibility index (Phi) is 6.70. The minimum Gasteiger partial charge on any atom is -0.476 e. The van der Waals surface area contributed by atoms with Crippen LogP contribution in [0.2, 0.25) is 0 Å². The van der Waals surface area contributed by atoms with E-state index in [-0.39, 0.29) is 24.2 Å². The monoisotopic (exact) mass is 464 g/mol. The molecule has 7 heteroatoms. The van der Waals surface area contributed by atoms with Gasteiger partial charge in [-0.1, -0.05) is 73.7 Å². The number of sulfonamides is 1. The molecule has 0 aliphatic carbocycles. The third kappa shape index (κ3) is 5.20. The van der Waals surface area contributed by atoms with E-state index in [1.165, 1.54) is 9.87 Å². The average Bonchev–Trinajstić information content (AvgIpc) is 2.83. The number of rotatable bonds is 7. The number of nitrogens with zero attached hydrogens (tertiary/aromatic N) is 1. The molecule has 0 unspecified atom stereocenters. The molecule has 0 saturated carbocycles. The summed E-state index contributed by atoms with van der Waals surface area (Å²) in [4.78, 5) is 13.1. The van der Waals surface area contributed by atoms with Gasteiger partial charge >= 0.3 is 0 Å². The maximum Gasteiger partial charge on any atom is 0.263 e. The lowest BCUT2D eigenvalue weighted by atomic mass is 10.0. The molecule has 1 amide bonds. The summed E-state index contributed by atoms with van der Waals surface area (Å²) in [5, 5.41) is 2.97. The van der Waals surface area contributed by atoms with E-state index < -0.39 is 16.1 Å². The second kappa shape index (κ2) is 9.67. The zero-order valence-electron chi connectivity index (χ0n) is 18.8. The van der Waals surface area contributed by atoms with Gasteiger partial charge in [-0.15, -0.1) is 0 Å². The molecule has 4 rings (SSSR count). The van der Waals surface area contributed by atoms with Gasteiger partial charge in [-0.05, 0) is 42.2 Å². The zero-order valence-corrected chi connectivity index (χ0v) is 19.6. The van der Waals surface area contributed by atoms with Gasteiger partial charge in [-0.3, -0.25) is 9.10 Å². The van der Waals surface area contributed by atoms with Crippen molar-refractivity contribution >= 4 is 21.6 Å². The smallest absolute Gasteiger partial charge is 0.263 e. The Hall–Kier alpha value is -3.32. The van der Waals surface area contributed by atoms with Crippen molar-refractivity contribution in [3.05, 3.63) is 95.6 Å². The Morgan fingerprint density at radius 2 is 1.67 bits per heavy atom. The molecule has 0 spiro atoms. The summed E-state index contributed by atoms with van der Waals surface area (Å²) < 4.78 is 33.9. The van der Waals surface area contributed by atoms with Crippen LogP contribution in [0.3, 0.4) is 0 Å². The summed E-state index contributed by atoms with van der Waals surface area (Å²) >= 11 is 0. The van der Waals surface area contributed by atoms with Crippen LogP contribution >= 0.6 is 0 Å². The van der Waals surface area contributed by atoms with Gasteiger partial charge in [0.05, 0.1) is 24.0 Å². The molecular weight excluding hydrogens is 436 g/mol. The van der Waals surface area contributed by atoms with E-state index >= 15 is 0 Å². The Labute approximate surface area is 195 Å². The molecule has 1 heterocycles. The summed E-state index contributed by atoms with van der Waals surface area (Å²) in [7, 11) is -3.73. The predicted molar refractivity (Wildman–Crippen MR) is 130 cm³/mol. The van der Waals surface area contributed by atoms with Crippen molar-refractivity contribution in [2.24, 2.45) is 0 Å². The van der Waals surface area contributed by atoms with Gasteiger partial charge < -0.3 is 10.1 Å². The van der Waals surface area contributed by atoms with Crippen molar-refractivity contribution in [3.8, 4) is 5.75 Å². The number of hydrogen-bond acceptors (Lipinski definition) is 4. The van der Waals surface area contributed by atoms with Gasteiger partial charge in [0.2, 0.25) is 10.0 Å². The first-order valence-electron chi connectivity index (χ1n) is 11.1. The van der Waals surface area contributed by atoms with Crippen LogP contribution in [0.4, 0.5) is 5.69 Å². The van der Waals surface area contributed by atoms with E-state index in [0.29, 0.717) is 17.0 Å². The van der Waals surface area contributed by atoms with Gasteiger partial charge in [-0.2, -0.15) is 0 Å². The number of ether oxygens (including phenoxy) is 1. The molecule has 33 heavy (non-hydrogen) atoms. The van der Waals surface area contributed by atoms with Crippen molar-refractivity contribution in [2.45, 2.75) is 38.2 Å². The number of nitrogens with one attached hydrogen (secondary N) is 1. The highest BCUT2D eigenvalue weighted by Crippen LogP contribution is 2.36. The number of benzene rings is 3. The molecule has 3 aromatic rings. The van der Waals surface area contributed by atoms with Crippen molar-refractivity contribution in [1.29, 1.82) is 0 Å². The Balaban J connectivity index is 1.54. The first-order chi connectivity index (χ1) is 15.9. The van der Waals surface area contributed by atoms with Crippen LogP contribution < -0.4 is 14.4 Å². The van der Waals surface area contributed by atoms with Gasteiger partial charge in [0, 0.05) is 0 Å². The Morgan fingerprint density at radius 1 is 1.00 bits per heavy atom.